The number of unbranched alkanes of at least 4 members (excludes halogenated alkanes) is 1. The summed E-state index contributed by atoms with van der Waals surface area (Å²) in [7, 11) is 0. The molecule has 1 fully saturated rings. The summed E-state index contributed by atoms with van der Waals surface area (Å²) < 4.78 is 6.16. The summed E-state index contributed by atoms with van der Waals surface area (Å²) in [6.45, 7) is 1.40. The Labute approximate surface area is 251 Å². The summed E-state index contributed by atoms with van der Waals surface area (Å²) >= 11 is 9.50. The monoisotopic (exact) mass is 634 g/mol. The number of benzene rings is 3. The van der Waals surface area contributed by atoms with Gasteiger partial charge in [-0.25, -0.2) is 4.79 Å². The molecular formula is C32H28BrClN2O5. The van der Waals surface area contributed by atoms with E-state index < -0.39 is 36.4 Å². The third-order valence-electron chi connectivity index (χ3n) is 8.45. The summed E-state index contributed by atoms with van der Waals surface area (Å²) in [6.07, 6.45) is 1.64. The van der Waals surface area contributed by atoms with Crippen LogP contribution in [0.2, 0.25) is 5.02 Å². The third kappa shape index (κ3) is 4.67. The van der Waals surface area contributed by atoms with Gasteiger partial charge >= 0.3 is 5.97 Å². The van der Waals surface area contributed by atoms with Crippen molar-refractivity contribution in [3.63, 3.8) is 0 Å². The molecule has 9 heteroatoms. The molecule has 2 bridgehead atoms. The number of carbonyl (C=O) groups excluding carboxylic acids is 4. The number of nitrogens with zero attached hydrogens (tertiary/aromatic N) is 1. The van der Waals surface area contributed by atoms with Gasteiger partial charge in [0.1, 0.15) is 6.04 Å². The number of hydrogen-bond donors (Lipinski definition) is 1. The molecule has 3 aromatic rings. The number of amides is 3. The molecule has 4 aliphatic rings. The second-order valence-corrected chi connectivity index (χ2v) is 12.1. The van der Waals surface area contributed by atoms with E-state index in [1.165, 1.54) is 0 Å². The first-order valence-electron chi connectivity index (χ1n) is 13.8. The summed E-state index contributed by atoms with van der Waals surface area (Å²) in [6, 6.07) is 19.9. The number of hydrogen-bond acceptors (Lipinski definition) is 5. The van der Waals surface area contributed by atoms with Crippen LogP contribution in [0.25, 0.3) is 0 Å². The van der Waals surface area contributed by atoms with Crippen LogP contribution in [0.3, 0.4) is 0 Å². The van der Waals surface area contributed by atoms with E-state index in [1.54, 1.807) is 18.2 Å². The highest BCUT2D eigenvalue weighted by Gasteiger charge is 2.63. The van der Waals surface area contributed by atoms with E-state index in [4.69, 9.17) is 16.3 Å². The molecule has 1 aliphatic heterocycles. The quantitative estimate of drug-likeness (QED) is 0.241. The molecule has 0 saturated carbocycles. The molecule has 0 aromatic heterocycles. The van der Waals surface area contributed by atoms with E-state index in [0.29, 0.717) is 17.1 Å². The van der Waals surface area contributed by atoms with Crippen LogP contribution in [0.15, 0.2) is 71.2 Å². The molecule has 1 heterocycles. The molecule has 1 saturated heterocycles. The molecule has 3 aliphatic carbocycles. The van der Waals surface area contributed by atoms with Gasteiger partial charge in [-0.15, -0.1) is 0 Å². The minimum atomic E-state index is -1.10. The lowest BCUT2D eigenvalue weighted by Gasteiger charge is -2.45. The lowest BCUT2D eigenvalue weighted by atomic mass is 9.55. The fourth-order valence-corrected chi connectivity index (χ4v) is 7.49. The Balaban J connectivity index is 1.26. The van der Waals surface area contributed by atoms with Gasteiger partial charge in [-0.2, -0.15) is 0 Å². The van der Waals surface area contributed by atoms with Gasteiger partial charge < -0.3 is 10.1 Å². The van der Waals surface area contributed by atoms with Gasteiger partial charge in [-0.1, -0.05) is 95.8 Å². The minimum Gasteiger partial charge on any atom is -0.454 e. The molecule has 0 spiro atoms. The molecule has 1 N–H and O–H groups in total. The van der Waals surface area contributed by atoms with Crippen LogP contribution in [-0.4, -0.2) is 41.2 Å². The highest BCUT2D eigenvalue weighted by atomic mass is 79.9. The number of imide groups is 1. The van der Waals surface area contributed by atoms with Crippen molar-refractivity contribution in [2.24, 2.45) is 11.8 Å². The summed E-state index contributed by atoms with van der Waals surface area (Å²) in [5, 5.41) is 2.95. The number of anilines is 1. The topological polar surface area (TPSA) is 92.8 Å². The van der Waals surface area contributed by atoms with Gasteiger partial charge in [0.05, 0.1) is 22.5 Å². The van der Waals surface area contributed by atoms with Gasteiger partial charge in [-0.3, -0.25) is 19.3 Å². The molecule has 0 unspecified atom stereocenters. The van der Waals surface area contributed by atoms with Crippen molar-refractivity contribution in [1.29, 1.82) is 0 Å². The number of ether oxygens (including phenoxy) is 1. The second kappa shape index (κ2) is 11.1. The molecule has 0 radical (unpaired) electrons. The zero-order valence-electron chi connectivity index (χ0n) is 22.3. The molecule has 3 aromatic carbocycles. The van der Waals surface area contributed by atoms with Gasteiger partial charge in [0.2, 0.25) is 11.8 Å². The molecule has 7 rings (SSSR count). The lowest BCUT2D eigenvalue weighted by molar-refractivity contribution is -0.160. The predicted molar refractivity (Wildman–Crippen MR) is 157 cm³/mol. The summed E-state index contributed by atoms with van der Waals surface area (Å²) in [4.78, 5) is 55.4. The Morgan fingerprint density at radius 2 is 1.46 bits per heavy atom. The number of esters is 1. The fourth-order valence-electron chi connectivity index (χ4n) is 6.77. The first-order valence-corrected chi connectivity index (χ1v) is 14.9. The van der Waals surface area contributed by atoms with Gasteiger partial charge in [0.25, 0.3) is 5.91 Å². The number of likely N-dealkylation sites (tertiary alicyclic amines) is 1. The molecule has 3 atom stereocenters. The number of rotatable bonds is 8. The van der Waals surface area contributed by atoms with Crippen molar-refractivity contribution in [2.45, 2.75) is 44.1 Å². The number of carbonyl (C=O) groups is 4. The van der Waals surface area contributed by atoms with E-state index in [0.717, 1.165) is 38.0 Å². The third-order valence-corrected chi connectivity index (χ3v) is 9.25. The Kier molecular flexibility index (Phi) is 7.47. The lowest BCUT2D eigenvalue weighted by Crippen LogP contribution is -2.47. The van der Waals surface area contributed by atoms with Crippen molar-refractivity contribution >= 4 is 56.9 Å². The van der Waals surface area contributed by atoms with Crippen molar-refractivity contribution in [3.8, 4) is 0 Å². The molecule has 3 amide bonds. The first kappa shape index (κ1) is 27.7. The number of nitrogens with one attached hydrogen (secondary N) is 1. The van der Waals surface area contributed by atoms with Crippen molar-refractivity contribution < 1.29 is 23.9 Å². The maximum atomic E-state index is 14.1. The molecule has 7 nitrogen and oxygen atoms in total. The zero-order chi connectivity index (χ0) is 28.8. The van der Waals surface area contributed by atoms with Crippen LogP contribution < -0.4 is 5.32 Å². The first-order chi connectivity index (χ1) is 19.8. The summed E-state index contributed by atoms with van der Waals surface area (Å²) in [5.74, 6) is -3.72. The average Bonchev–Trinajstić information content (AvgIpc) is 3.24. The fraction of sp³-hybridized carbons (Fsp3) is 0.312. The van der Waals surface area contributed by atoms with Crippen LogP contribution in [0.4, 0.5) is 5.69 Å². The van der Waals surface area contributed by atoms with Gasteiger partial charge in [0, 0.05) is 16.3 Å². The Morgan fingerprint density at radius 1 is 0.927 bits per heavy atom. The zero-order valence-corrected chi connectivity index (χ0v) is 24.7. The average molecular weight is 636 g/mol. The van der Waals surface area contributed by atoms with E-state index in [1.807, 2.05) is 55.5 Å². The maximum Gasteiger partial charge on any atom is 0.329 e. The van der Waals surface area contributed by atoms with Crippen molar-refractivity contribution in [2.75, 3.05) is 11.9 Å². The van der Waals surface area contributed by atoms with Crippen LogP contribution in [-0.2, 0) is 23.9 Å². The van der Waals surface area contributed by atoms with Crippen molar-refractivity contribution in [1.82, 2.24) is 4.90 Å². The normalized spacial score (nSPS) is 22.6. The Bertz CT molecular complexity index is 1460. The Hall–Kier alpha value is -3.49. The SMILES string of the molecule is CCCC[C@H](C(=O)OCC(=O)Nc1ccc(Br)cc1Cl)N1C(=O)[C@@H]2C3c4ccccc4C(c4ccccc43)[C@@H]2C1=O. The maximum absolute atomic E-state index is 14.1. The smallest absolute Gasteiger partial charge is 0.329 e. The molecular weight excluding hydrogens is 608 g/mol. The van der Waals surface area contributed by atoms with Crippen molar-refractivity contribution in [3.05, 3.63) is 98.5 Å². The largest absolute Gasteiger partial charge is 0.454 e. The highest BCUT2D eigenvalue weighted by molar-refractivity contribution is 9.10. The predicted octanol–water partition coefficient (Wildman–Crippen LogP) is 6.04. The van der Waals surface area contributed by atoms with Crippen LogP contribution >= 0.6 is 27.5 Å². The molecule has 41 heavy (non-hydrogen) atoms. The summed E-state index contributed by atoms with van der Waals surface area (Å²) in [5.41, 5.74) is 4.64. The van der Waals surface area contributed by atoms with Gasteiger partial charge in [-0.05, 0) is 46.9 Å². The van der Waals surface area contributed by atoms with E-state index in [-0.39, 0.29) is 30.1 Å². The van der Waals surface area contributed by atoms with E-state index in [9.17, 15) is 19.2 Å². The van der Waals surface area contributed by atoms with Gasteiger partial charge in [0.15, 0.2) is 6.61 Å². The van der Waals surface area contributed by atoms with Crippen LogP contribution in [0.5, 0.6) is 0 Å². The van der Waals surface area contributed by atoms with Crippen LogP contribution in [0, 0.1) is 11.8 Å². The minimum absolute atomic E-state index is 0.261. The Morgan fingerprint density at radius 3 is 1.95 bits per heavy atom. The second-order valence-electron chi connectivity index (χ2n) is 10.7. The number of halogens is 2. The highest BCUT2D eigenvalue weighted by Crippen LogP contribution is 2.61. The van der Waals surface area contributed by atoms with Crippen LogP contribution in [0.1, 0.15) is 60.3 Å². The standard InChI is InChI=1S/C32H28BrClN2O5/c1-2-3-12-24(32(40)41-16-25(37)35-23-14-13-17(33)15-22(23)34)36-30(38)28-26-18-8-4-5-9-19(18)27(29(28)31(36)39)21-11-7-6-10-20(21)26/h4-11,13-15,24,26-29H,2-3,12,16H2,1H3,(H,35,37)/t24-,26?,27?,28-,29+/m1/s1. The van der Waals surface area contributed by atoms with E-state index in [2.05, 4.69) is 21.2 Å². The van der Waals surface area contributed by atoms with E-state index >= 15 is 0 Å². The molecule has 210 valence electrons.